The summed E-state index contributed by atoms with van der Waals surface area (Å²) in [5.74, 6) is -0.671. The fourth-order valence-electron chi connectivity index (χ4n) is 1.66. The number of rotatable bonds is 3. The molecule has 0 saturated heterocycles. The molecule has 1 atom stereocenters. The summed E-state index contributed by atoms with van der Waals surface area (Å²) in [5, 5.41) is 13.6. The molecule has 1 saturated carbocycles. The number of nitrogens with zero attached hydrogens (tertiary/aromatic N) is 2. The van der Waals surface area contributed by atoms with Crippen molar-refractivity contribution in [3.05, 3.63) is 17.4 Å². The molecular formula is C9H11ClN2O2. The van der Waals surface area contributed by atoms with Crippen molar-refractivity contribution in [3.8, 4) is 0 Å². The summed E-state index contributed by atoms with van der Waals surface area (Å²) < 4.78 is 1.45. The van der Waals surface area contributed by atoms with Gasteiger partial charge >= 0.3 is 5.97 Å². The maximum Gasteiger partial charge on any atom is 0.331 e. The molecule has 1 aromatic rings. The number of aliphatic carboxylic acids is 1. The third-order valence-electron chi connectivity index (χ3n) is 2.83. The van der Waals surface area contributed by atoms with E-state index in [2.05, 4.69) is 5.10 Å². The second kappa shape index (κ2) is 2.98. The van der Waals surface area contributed by atoms with Crippen LogP contribution in [0.25, 0.3) is 0 Å². The smallest absolute Gasteiger partial charge is 0.331 e. The minimum atomic E-state index is -0.937. The summed E-state index contributed by atoms with van der Waals surface area (Å²) in [5.41, 5.74) is -0.937. The zero-order valence-electron chi connectivity index (χ0n) is 7.77. The summed E-state index contributed by atoms with van der Waals surface area (Å²) in [4.78, 5) is 11.2. The molecule has 1 aliphatic carbocycles. The van der Waals surface area contributed by atoms with Crippen molar-refractivity contribution < 1.29 is 9.90 Å². The van der Waals surface area contributed by atoms with Crippen LogP contribution in [0.4, 0.5) is 0 Å². The van der Waals surface area contributed by atoms with Gasteiger partial charge in [0.25, 0.3) is 0 Å². The lowest BCUT2D eigenvalue weighted by Gasteiger charge is -2.24. The van der Waals surface area contributed by atoms with E-state index in [1.807, 2.05) is 0 Å². The first kappa shape index (κ1) is 9.52. The Bertz CT molecular complexity index is 373. The van der Waals surface area contributed by atoms with E-state index < -0.39 is 11.5 Å². The molecule has 1 fully saturated rings. The van der Waals surface area contributed by atoms with Gasteiger partial charge in [0.05, 0.1) is 11.2 Å². The van der Waals surface area contributed by atoms with E-state index in [1.165, 1.54) is 10.9 Å². The van der Waals surface area contributed by atoms with Crippen molar-refractivity contribution in [1.29, 1.82) is 0 Å². The molecule has 76 valence electrons. The molecule has 0 aliphatic heterocycles. The van der Waals surface area contributed by atoms with Crippen LogP contribution in [0.15, 0.2) is 12.4 Å². The highest BCUT2D eigenvalue weighted by atomic mass is 35.5. The lowest BCUT2D eigenvalue weighted by atomic mass is 9.96. The maximum absolute atomic E-state index is 11.2. The van der Waals surface area contributed by atoms with Crippen molar-refractivity contribution in [2.24, 2.45) is 5.92 Å². The van der Waals surface area contributed by atoms with Crippen molar-refractivity contribution in [3.63, 3.8) is 0 Å². The fraction of sp³-hybridized carbons (Fsp3) is 0.556. The van der Waals surface area contributed by atoms with Crippen LogP contribution in [0.1, 0.15) is 19.8 Å². The number of aromatic nitrogens is 2. The summed E-state index contributed by atoms with van der Waals surface area (Å²) in [6.45, 7) is 1.69. The van der Waals surface area contributed by atoms with Crippen LogP contribution >= 0.6 is 11.6 Å². The van der Waals surface area contributed by atoms with Gasteiger partial charge in [-0.2, -0.15) is 5.10 Å². The van der Waals surface area contributed by atoms with E-state index in [9.17, 15) is 9.90 Å². The van der Waals surface area contributed by atoms with Crippen molar-refractivity contribution in [2.75, 3.05) is 0 Å². The highest BCUT2D eigenvalue weighted by Gasteiger charge is 2.49. The highest BCUT2D eigenvalue weighted by molar-refractivity contribution is 6.30. The Morgan fingerprint density at radius 1 is 1.79 bits per heavy atom. The number of hydrogen-bond donors (Lipinski definition) is 1. The molecule has 4 nitrogen and oxygen atoms in total. The van der Waals surface area contributed by atoms with Gasteiger partial charge in [0.1, 0.15) is 0 Å². The number of hydrogen-bond acceptors (Lipinski definition) is 2. The molecule has 0 bridgehead atoms. The molecule has 1 aliphatic rings. The van der Waals surface area contributed by atoms with Crippen molar-refractivity contribution in [1.82, 2.24) is 9.78 Å². The van der Waals surface area contributed by atoms with Gasteiger partial charge in [0.2, 0.25) is 0 Å². The number of carboxylic acids is 1. The monoisotopic (exact) mass is 214 g/mol. The first-order chi connectivity index (χ1) is 6.55. The van der Waals surface area contributed by atoms with Gasteiger partial charge in [-0.3, -0.25) is 4.68 Å². The first-order valence-electron chi connectivity index (χ1n) is 4.49. The molecule has 1 unspecified atom stereocenters. The van der Waals surface area contributed by atoms with E-state index in [-0.39, 0.29) is 5.92 Å². The topological polar surface area (TPSA) is 55.1 Å². The molecule has 0 amide bonds. The zero-order chi connectivity index (χ0) is 10.3. The average molecular weight is 215 g/mol. The van der Waals surface area contributed by atoms with E-state index in [0.717, 1.165) is 12.8 Å². The van der Waals surface area contributed by atoms with Gasteiger partial charge in [0.15, 0.2) is 5.54 Å². The molecule has 14 heavy (non-hydrogen) atoms. The summed E-state index contributed by atoms with van der Waals surface area (Å²) in [7, 11) is 0. The standard InChI is InChI=1S/C9H11ClN2O2/c1-9(8(13)14,6-2-3-6)12-5-7(10)4-11-12/h4-6H,2-3H2,1H3,(H,13,14). The second-order valence-corrected chi connectivity index (χ2v) is 4.27. The number of carboxylic acid groups (broad SMARTS) is 1. The Balaban J connectivity index is 2.40. The molecule has 5 heteroatoms. The zero-order valence-corrected chi connectivity index (χ0v) is 8.53. The number of halogens is 1. The van der Waals surface area contributed by atoms with Gasteiger partial charge in [-0.05, 0) is 25.7 Å². The second-order valence-electron chi connectivity index (χ2n) is 3.83. The van der Waals surface area contributed by atoms with E-state index >= 15 is 0 Å². The van der Waals surface area contributed by atoms with Crippen LogP contribution in [0.3, 0.4) is 0 Å². The SMILES string of the molecule is CC(C(=O)O)(C1CC1)n1cc(Cl)cn1. The molecule has 0 aromatic carbocycles. The lowest BCUT2D eigenvalue weighted by Crippen LogP contribution is -2.41. The summed E-state index contributed by atoms with van der Waals surface area (Å²) in [6, 6.07) is 0. The molecule has 1 N–H and O–H groups in total. The van der Waals surface area contributed by atoms with Gasteiger partial charge < -0.3 is 5.11 Å². The molecule has 1 aromatic heterocycles. The Morgan fingerprint density at radius 3 is 2.79 bits per heavy atom. The van der Waals surface area contributed by atoms with Crippen LogP contribution in [0.5, 0.6) is 0 Å². The van der Waals surface area contributed by atoms with E-state index in [4.69, 9.17) is 11.6 Å². The van der Waals surface area contributed by atoms with Crippen molar-refractivity contribution in [2.45, 2.75) is 25.3 Å². The largest absolute Gasteiger partial charge is 0.479 e. The summed E-state index contributed by atoms with van der Waals surface area (Å²) >= 11 is 5.72. The first-order valence-corrected chi connectivity index (χ1v) is 4.87. The van der Waals surface area contributed by atoms with Crippen LogP contribution in [-0.4, -0.2) is 20.9 Å². The van der Waals surface area contributed by atoms with Crippen LogP contribution in [-0.2, 0) is 10.3 Å². The highest BCUT2D eigenvalue weighted by Crippen LogP contribution is 2.44. The Labute approximate surface area is 86.5 Å². The normalized spacial score (nSPS) is 20.4. The number of carbonyl (C=O) groups is 1. The van der Waals surface area contributed by atoms with Crippen LogP contribution < -0.4 is 0 Å². The Kier molecular flexibility index (Phi) is 2.03. The van der Waals surface area contributed by atoms with Crippen LogP contribution in [0, 0.1) is 5.92 Å². The minimum Gasteiger partial charge on any atom is -0.479 e. The quantitative estimate of drug-likeness (QED) is 0.834. The van der Waals surface area contributed by atoms with Crippen molar-refractivity contribution >= 4 is 17.6 Å². The predicted octanol–water partition coefficient (Wildman–Crippen LogP) is 1.75. The van der Waals surface area contributed by atoms with Gasteiger partial charge in [0, 0.05) is 6.20 Å². The Morgan fingerprint density at radius 2 is 2.43 bits per heavy atom. The predicted molar refractivity (Wildman–Crippen MR) is 51.2 cm³/mol. The van der Waals surface area contributed by atoms with E-state index in [1.54, 1.807) is 13.1 Å². The van der Waals surface area contributed by atoms with E-state index in [0.29, 0.717) is 5.02 Å². The third-order valence-corrected chi connectivity index (χ3v) is 3.03. The van der Waals surface area contributed by atoms with Gasteiger partial charge in [-0.1, -0.05) is 11.6 Å². The molecular weight excluding hydrogens is 204 g/mol. The fourth-order valence-corrected chi connectivity index (χ4v) is 1.80. The third kappa shape index (κ3) is 1.30. The molecule has 0 spiro atoms. The maximum atomic E-state index is 11.2. The average Bonchev–Trinajstić information content (AvgIpc) is 2.88. The molecule has 0 radical (unpaired) electrons. The summed E-state index contributed by atoms with van der Waals surface area (Å²) in [6.07, 6.45) is 4.92. The molecule has 2 rings (SSSR count). The van der Waals surface area contributed by atoms with Gasteiger partial charge in [-0.15, -0.1) is 0 Å². The molecule has 1 heterocycles. The Hall–Kier alpha value is -1.03. The van der Waals surface area contributed by atoms with Gasteiger partial charge in [-0.25, -0.2) is 4.79 Å². The minimum absolute atomic E-state index is 0.177. The van der Waals surface area contributed by atoms with Crippen LogP contribution in [0.2, 0.25) is 5.02 Å². The lowest BCUT2D eigenvalue weighted by molar-refractivity contribution is -0.148.